The van der Waals surface area contributed by atoms with Crippen molar-refractivity contribution >= 4 is 11.9 Å². The molecule has 1 fully saturated rings. The Balaban J connectivity index is 2.55. The number of carbonyl (C=O) groups excluding carboxylic acids is 2. The maximum atomic E-state index is 13.4. The van der Waals surface area contributed by atoms with Gasteiger partial charge < -0.3 is 45.1 Å². The van der Waals surface area contributed by atoms with Crippen LogP contribution in [0.3, 0.4) is 0 Å². The van der Waals surface area contributed by atoms with E-state index in [1.807, 2.05) is 6.08 Å². The number of unbranched alkanes of at least 4 members (excludes halogenated alkanes) is 35. The number of hydrogen-bond donors (Lipinski definition) is 6. The van der Waals surface area contributed by atoms with Gasteiger partial charge in [-0.3, -0.25) is 9.59 Å². The number of aliphatic hydroxyl groups excluding tert-OH is 5. The molecule has 1 amide bonds. The van der Waals surface area contributed by atoms with Gasteiger partial charge in [0, 0.05) is 6.42 Å². The predicted octanol–water partition coefficient (Wildman–Crippen LogP) is 17.5. The van der Waals surface area contributed by atoms with E-state index in [2.05, 4.69) is 86.8 Å². The minimum absolute atomic E-state index is 0.118. The first-order valence-corrected chi connectivity index (χ1v) is 34.7. The molecule has 11 nitrogen and oxygen atoms in total. The van der Waals surface area contributed by atoms with Gasteiger partial charge in [-0.25, -0.2) is 0 Å². The second-order valence-corrected chi connectivity index (χ2v) is 23.9. The van der Waals surface area contributed by atoms with Crippen LogP contribution in [0, 0.1) is 0 Å². The number of nitrogens with one attached hydrogen (secondary N) is 1. The number of hydrogen-bond acceptors (Lipinski definition) is 10. The van der Waals surface area contributed by atoms with E-state index in [-0.39, 0.29) is 19.4 Å². The van der Waals surface area contributed by atoms with E-state index in [1.165, 1.54) is 167 Å². The van der Waals surface area contributed by atoms with Crippen molar-refractivity contribution in [3.63, 3.8) is 0 Å². The molecule has 1 rings (SSSR count). The fraction of sp³-hybridized carbons (Fsp3) is 0.806. The highest BCUT2D eigenvalue weighted by Crippen LogP contribution is 2.26. The average Bonchev–Trinajstić information content (AvgIpc) is 3.68. The van der Waals surface area contributed by atoms with Gasteiger partial charge in [0.2, 0.25) is 5.91 Å². The fourth-order valence-electron chi connectivity index (χ4n) is 10.6. The Labute approximate surface area is 509 Å². The van der Waals surface area contributed by atoms with Gasteiger partial charge in [0.1, 0.15) is 24.4 Å². The molecule has 1 heterocycles. The van der Waals surface area contributed by atoms with E-state index in [1.54, 1.807) is 6.08 Å². The highest BCUT2D eigenvalue weighted by molar-refractivity contribution is 5.80. The Kier molecular flexibility index (Phi) is 55.9. The maximum absolute atomic E-state index is 13.4. The topological polar surface area (TPSA) is 175 Å². The van der Waals surface area contributed by atoms with E-state index in [9.17, 15) is 35.1 Å². The summed E-state index contributed by atoms with van der Waals surface area (Å²) in [6, 6.07) is -1.03. The van der Waals surface area contributed by atoms with Gasteiger partial charge in [0.25, 0.3) is 0 Å². The zero-order valence-electron chi connectivity index (χ0n) is 53.6. The van der Waals surface area contributed by atoms with Crippen LogP contribution in [0.15, 0.2) is 72.9 Å². The summed E-state index contributed by atoms with van der Waals surface area (Å²) in [6.07, 6.45) is 66.6. The molecule has 0 aromatic carbocycles. The van der Waals surface area contributed by atoms with Crippen LogP contribution < -0.4 is 5.32 Å². The Bertz CT molecular complexity index is 1630. The molecule has 1 aliphatic rings. The first-order chi connectivity index (χ1) is 40.7. The van der Waals surface area contributed by atoms with Crippen LogP contribution in [0.5, 0.6) is 0 Å². The third kappa shape index (κ3) is 46.9. The number of aliphatic hydroxyl groups is 5. The van der Waals surface area contributed by atoms with Gasteiger partial charge in [0.15, 0.2) is 12.4 Å². The Morgan fingerprint density at radius 2 is 0.831 bits per heavy atom. The van der Waals surface area contributed by atoms with Crippen LogP contribution in [0.4, 0.5) is 0 Å². The molecule has 0 aliphatic carbocycles. The number of amides is 1. The number of rotatable bonds is 59. The van der Waals surface area contributed by atoms with E-state index in [0.29, 0.717) is 12.8 Å². The van der Waals surface area contributed by atoms with E-state index < -0.39 is 67.4 Å². The van der Waals surface area contributed by atoms with Gasteiger partial charge >= 0.3 is 5.97 Å². The molecule has 0 aromatic heterocycles. The van der Waals surface area contributed by atoms with Crippen molar-refractivity contribution in [2.45, 2.75) is 359 Å². The molecule has 0 aromatic rings. The molecule has 8 unspecified atom stereocenters. The smallest absolute Gasteiger partial charge is 0.306 e. The predicted molar refractivity (Wildman–Crippen MR) is 347 cm³/mol. The number of esters is 1. The lowest BCUT2D eigenvalue weighted by molar-refractivity contribution is -0.305. The van der Waals surface area contributed by atoms with Crippen LogP contribution in [0.1, 0.15) is 310 Å². The minimum Gasteiger partial charge on any atom is -0.454 e. The SMILES string of the molecule is CCCCC/C=C\C/C=C\C/C=C\C/C=C\CCCCCCCCCCCCCC(=O)OC1C(OCC(NC(=O)C(O)CCCCCCCC/C=C/CCCCCCCC)C(O)/C=C/CCCCCCCCCCC)OC(CO)C(O)C1O. The van der Waals surface area contributed by atoms with Crippen LogP contribution in [-0.4, -0.2) is 99.6 Å². The molecule has 1 aliphatic heterocycles. The van der Waals surface area contributed by atoms with Crippen molar-refractivity contribution in [3.05, 3.63) is 72.9 Å². The highest BCUT2D eigenvalue weighted by Gasteiger charge is 2.47. The number of carbonyl (C=O) groups is 2. The monoisotopic (exact) mass is 1170 g/mol. The summed E-state index contributed by atoms with van der Waals surface area (Å²) in [5, 5.41) is 57.1. The zero-order valence-corrected chi connectivity index (χ0v) is 53.6. The lowest BCUT2D eigenvalue weighted by atomic mass is 9.99. The Morgan fingerprint density at radius 3 is 1.28 bits per heavy atom. The lowest BCUT2D eigenvalue weighted by Gasteiger charge is -2.41. The van der Waals surface area contributed by atoms with Gasteiger partial charge in [-0.2, -0.15) is 0 Å². The second-order valence-electron chi connectivity index (χ2n) is 23.9. The van der Waals surface area contributed by atoms with Gasteiger partial charge in [-0.05, 0) is 96.3 Å². The molecule has 6 N–H and O–H groups in total. The van der Waals surface area contributed by atoms with Crippen LogP contribution in [0.25, 0.3) is 0 Å². The summed E-state index contributed by atoms with van der Waals surface area (Å²) < 4.78 is 17.7. The van der Waals surface area contributed by atoms with Gasteiger partial charge in [-0.15, -0.1) is 0 Å². The zero-order chi connectivity index (χ0) is 60.3. The number of allylic oxidation sites excluding steroid dienone is 11. The molecule has 482 valence electrons. The summed E-state index contributed by atoms with van der Waals surface area (Å²) in [5.41, 5.74) is 0. The summed E-state index contributed by atoms with van der Waals surface area (Å²) in [5.74, 6) is -1.20. The molecule has 11 heteroatoms. The average molecular weight is 1170 g/mol. The Morgan fingerprint density at radius 1 is 0.470 bits per heavy atom. The summed E-state index contributed by atoms with van der Waals surface area (Å²) >= 11 is 0. The van der Waals surface area contributed by atoms with Crippen molar-refractivity contribution < 1.29 is 49.3 Å². The standard InChI is InChI=1S/C72H129NO10/c1-4-7-10-13-16-19-22-24-26-28-29-30-31-32-33-34-35-36-37-38-40-42-45-48-51-54-57-60-67(77)83-70-69(79)68(78)66(61-74)82-72(70)81-62-63(64(75)58-55-52-49-46-43-21-18-15-12-9-6-3)73-71(80)65(76)59-56-53-50-47-44-41-39-27-25-23-20-17-14-11-8-5-2/h16,19,24-27,29-30,32-33,55,58,63-66,68-70,72,74-76,78-79H,4-15,17-18,20-23,28,31,34-54,56-57,59-62H2,1-3H3,(H,73,80)/b19-16-,26-24-,27-25+,30-29-,33-32-,58-55+. The minimum atomic E-state index is -1.62. The maximum Gasteiger partial charge on any atom is 0.306 e. The molecule has 83 heavy (non-hydrogen) atoms. The van der Waals surface area contributed by atoms with Gasteiger partial charge in [0.05, 0.1) is 25.4 Å². The third-order valence-corrected chi connectivity index (χ3v) is 16.1. The number of ether oxygens (including phenoxy) is 3. The largest absolute Gasteiger partial charge is 0.454 e. The van der Waals surface area contributed by atoms with Crippen LogP contribution >= 0.6 is 0 Å². The Hall–Kier alpha value is -2.90. The summed E-state index contributed by atoms with van der Waals surface area (Å²) in [7, 11) is 0. The molecule has 0 bridgehead atoms. The van der Waals surface area contributed by atoms with Crippen molar-refractivity contribution in [2.24, 2.45) is 0 Å². The molecule has 0 radical (unpaired) electrons. The lowest BCUT2D eigenvalue weighted by Crippen LogP contribution is -2.61. The van der Waals surface area contributed by atoms with Crippen LogP contribution in [0.2, 0.25) is 0 Å². The highest BCUT2D eigenvalue weighted by atomic mass is 16.7. The third-order valence-electron chi connectivity index (χ3n) is 16.1. The molecular formula is C72H129NO10. The van der Waals surface area contributed by atoms with Gasteiger partial charge in [-0.1, -0.05) is 280 Å². The van der Waals surface area contributed by atoms with E-state index in [4.69, 9.17) is 14.2 Å². The van der Waals surface area contributed by atoms with E-state index in [0.717, 1.165) is 96.3 Å². The normalized spacial score (nSPS) is 19.0. The van der Waals surface area contributed by atoms with Crippen molar-refractivity contribution in [1.82, 2.24) is 5.32 Å². The molecule has 8 atom stereocenters. The quantitative estimate of drug-likeness (QED) is 0.0195. The molecule has 1 saturated heterocycles. The van der Waals surface area contributed by atoms with Crippen molar-refractivity contribution in [2.75, 3.05) is 13.2 Å². The van der Waals surface area contributed by atoms with Crippen molar-refractivity contribution in [3.8, 4) is 0 Å². The summed E-state index contributed by atoms with van der Waals surface area (Å²) in [6.45, 7) is 5.77. The fourth-order valence-corrected chi connectivity index (χ4v) is 10.6. The molecular weight excluding hydrogens is 1040 g/mol. The molecule has 0 spiro atoms. The van der Waals surface area contributed by atoms with E-state index >= 15 is 0 Å². The first kappa shape index (κ1) is 78.1. The van der Waals surface area contributed by atoms with Crippen molar-refractivity contribution in [1.29, 1.82) is 0 Å². The van der Waals surface area contributed by atoms with Crippen LogP contribution in [-0.2, 0) is 23.8 Å². The molecule has 0 saturated carbocycles. The summed E-state index contributed by atoms with van der Waals surface area (Å²) in [4.78, 5) is 26.6. The first-order valence-electron chi connectivity index (χ1n) is 34.7. The second kappa shape index (κ2) is 59.4.